The van der Waals surface area contributed by atoms with E-state index in [2.05, 4.69) is 10.6 Å². The molecule has 4 heteroatoms. The van der Waals surface area contributed by atoms with Crippen LogP contribution in [0.1, 0.15) is 15.9 Å². The van der Waals surface area contributed by atoms with Crippen molar-refractivity contribution >= 4 is 34.4 Å². The van der Waals surface area contributed by atoms with E-state index >= 15 is 0 Å². The molecule has 4 aromatic rings. The molecule has 0 unspecified atom stereocenters. The second kappa shape index (κ2) is 8.88. The number of para-hydroxylation sites is 1. The molecule has 4 rings (SSSR count). The van der Waals surface area contributed by atoms with Crippen LogP contribution >= 0.6 is 0 Å². The molecule has 2 amide bonds. The molecule has 0 aliphatic heterocycles. The van der Waals surface area contributed by atoms with Crippen molar-refractivity contribution in [2.75, 3.05) is 5.32 Å². The highest BCUT2D eigenvalue weighted by atomic mass is 16.2. The third kappa shape index (κ3) is 4.45. The molecular weight excluding hydrogens is 372 g/mol. The van der Waals surface area contributed by atoms with Crippen molar-refractivity contribution in [3.63, 3.8) is 0 Å². The van der Waals surface area contributed by atoms with E-state index in [4.69, 9.17) is 0 Å². The lowest BCUT2D eigenvalue weighted by Crippen LogP contribution is -2.30. The first-order valence-corrected chi connectivity index (χ1v) is 9.63. The van der Waals surface area contributed by atoms with Gasteiger partial charge in [-0.25, -0.2) is 0 Å². The van der Waals surface area contributed by atoms with Gasteiger partial charge in [0.15, 0.2) is 0 Å². The summed E-state index contributed by atoms with van der Waals surface area (Å²) in [5.74, 6) is -0.733. The molecule has 2 N–H and O–H groups in total. The lowest BCUT2D eigenvalue weighted by Gasteiger charge is -2.12. The number of fused-ring (bicyclic) bond motifs is 1. The summed E-state index contributed by atoms with van der Waals surface area (Å²) in [5.41, 5.74) is 2.15. The van der Waals surface area contributed by atoms with Crippen LogP contribution in [0.2, 0.25) is 0 Å². The number of hydrogen-bond donors (Lipinski definition) is 2. The number of carbonyl (C=O) groups excluding carboxylic acids is 2. The normalized spacial score (nSPS) is 11.1. The van der Waals surface area contributed by atoms with Crippen LogP contribution < -0.4 is 10.6 Å². The van der Waals surface area contributed by atoms with E-state index in [1.54, 1.807) is 42.5 Å². The van der Waals surface area contributed by atoms with E-state index in [1.807, 2.05) is 66.7 Å². The topological polar surface area (TPSA) is 58.2 Å². The summed E-state index contributed by atoms with van der Waals surface area (Å²) in [7, 11) is 0. The Morgan fingerprint density at radius 2 is 1.30 bits per heavy atom. The Kier molecular flexibility index (Phi) is 5.67. The molecule has 4 aromatic carbocycles. The Labute approximate surface area is 174 Å². The molecular formula is C26H20N2O2. The summed E-state index contributed by atoms with van der Waals surface area (Å²) in [4.78, 5) is 25.8. The second-order valence-electron chi connectivity index (χ2n) is 6.77. The first-order valence-electron chi connectivity index (χ1n) is 9.63. The van der Waals surface area contributed by atoms with Crippen molar-refractivity contribution in [1.82, 2.24) is 5.32 Å². The maximum atomic E-state index is 13.0. The average Bonchev–Trinajstić information content (AvgIpc) is 2.80. The van der Waals surface area contributed by atoms with Crippen molar-refractivity contribution in [1.29, 1.82) is 0 Å². The van der Waals surface area contributed by atoms with Crippen molar-refractivity contribution in [3.05, 3.63) is 120 Å². The summed E-state index contributed by atoms with van der Waals surface area (Å²) in [6.07, 6.45) is 1.71. The van der Waals surface area contributed by atoms with Gasteiger partial charge in [-0.15, -0.1) is 0 Å². The Balaban J connectivity index is 1.71. The fourth-order valence-electron chi connectivity index (χ4n) is 3.19. The van der Waals surface area contributed by atoms with E-state index in [9.17, 15) is 9.59 Å². The van der Waals surface area contributed by atoms with Crippen LogP contribution in [0.15, 0.2) is 109 Å². The summed E-state index contributed by atoms with van der Waals surface area (Å²) < 4.78 is 0. The van der Waals surface area contributed by atoms with Crippen LogP contribution in [0.4, 0.5) is 5.69 Å². The highest BCUT2D eigenvalue weighted by Gasteiger charge is 2.15. The number of benzene rings is 4. The molecule has 0 aliphatic carbocycles. The number of rotatable bonds is 5. The lowest BCUT2D eigenvalue weighted by atomic mass is 10.0. The maximum Gasteiger partial charge on any atom is 0.272 e. The van der Waals surface area contributed by atoms with Crippen LogP contribution in [0.25, 0.3) is 16.8 Å². The largest absolute Gasteiger partial charge is 0.321 e. The third-order valence-corrected chi connectivity index (χ3v) is 4.68. The predicted molar refractivity (Wildman–Crippen MR) is 121 cm³/mol. The van der Waals surface area contributed by atoms with Gasteiger partial charge in [0.2, 0.25) is 0 Å². The second-order valence-corrected chi connectivity index (χ2v) is 6.77. The zero-order valence-corrected chi connectivity index (χ0v) is 16.2. The van der Waals surface area contributed by atoms with Gasteiger partial charge >= 0.3 is 0 Å². The van der Waals surface area contributed by atoms with Gasteiger partial charge in [0.05, 0.1) is 0 Å². The van der Waals surface area contributed by atoms with E-state index in [1.165, 1.54) is 0 Å². The average molecular weight is 392 g/mol. The van der Waals surface area contributed by atoms with E-state index in [0.717, 1.165) is 16.3 Å². The van der Waals surface area contributed by atoms with Crippen molar-refractivity contribution in [2.45, 2.75) is 0 Å². The number of nitrogens with one attached hydrogen (secondary N) is 2. The Bertz CT molecular complexity index is 1210. The molecule has 0 bridgehead atoms. The minimum absolute atomic E-state index is 0.170. The smallest absolute Gasteiger partial charge is 0.272 e. The highest BCUT2D eigenvalue weighted by Crippen LogP contribution is 2.21. The zero-order chi connectivity index (χ0) is 20.8. The molecule has 4 nitrogen and oxygen atoms in total. The SMILES string of the molecule is O=C(Nc1ccccc1)/C(=C/c1cccc2ccccc12)NC(=O)c1ccccc1. The van der Waals surface area contributed by atoms with Crippen LogP contribution in [-0.2, 0) is 4.79 Å². The van der Waals surface area contributed by atoms with Crippen LogP contribution in [-0.4, -0.2) is 11.8 Å². The zero-order valence-electron chi connectivity index (χ0n) is 16.2. The first-order chi connectivity index (χ1) is 14.7. The van der Waals surface area contributed by atoms with Gasteiger partial charge in [0.1, 0.15) is 5.70 Å². The number of anilines is 1. The van der Waals surface area contributed by atoms with Gasteiger partial charge in [-0.2, -0.15) is 0 Å². The third-order valence-electron chi connectivity index (χ3n) is 4.68. The van der Waals surface area contributed by atoms with Crippen LogP contribution in [0.3, 0.4) is 0 Å². The molecule has 0 saturated heterocycles. The molecule has 0 aromatic heterocycles. The Hall–Kier alpha value is -4.18. The van der Waals surface area contributed by atoms with E-state index in [-0.39, 0.29) is 11.6 Å². The quantitative estimate of drug-likeness (QED) is 0.456. The summed E-state index contributed by atoms with van der Waals surface area (Å²) in [6, 6.07) is 31.8. The van der Waals surface area contributed by atoms with Crippen molar-refractivity contribution < 1.29 is 9.59 Å². The number of carbonyl (C=O) groups is 2. The van der Waals surface area contributed by atoms with Crippen LogP contribution in [0.5, 0.6) is 0 Å². The predicted octanol–water partition coefficient (Wildman–Crippen LogP) is 5.25. The lowest BCUT2D eigenvalue weighted by molar-refractivity contribution is -0.113. The molecule has 30 heavy (non-hydrogen) atoms. The van der Waals surface area contributed by atoms with Crippen molar-refractivity contribution in [2.24, 2.45) is 0 Å². The monoisotopic (exact) mass is 392 g/mol. The van der Waals surface area contributed by atoms with Gasteiger partial charge < -0.3 is 10.6 Å². The fourth-order valence-corrected chi connectivity index (χ4v) is 3.19. The standard InChI is InChI=1S/C26H20N2O2/c29-25(20-11-3-1-4-12-20)28-24(26(30)27-22-15-5-2-6-16-22)18-21-14-9-13-19-10-7-8-17-23(19)21/h1-18H,(H,27,30)(H,28,29)/b24-18-. The molecule has 0 saturated carbocycles. The highest BCUT2D eigenvalue weighted by molar-refractivity contribution is 6.11. The Morgan fingerprint density at radius 3 is 2.07 bits per heavy atom. The van der Waals surface area contributed by atoms with E-state index < -0.39 is 5.91 Å². The molecule has 0 fully saturated rings. The minimum Gasteiger partial charge on any atom is -0.321 e. The van der Waals surface area contributed by atoms with Gasteiger partial charge in [0.25, 0.3) is 11.8 Å². The summed E-state index contributed by atoms with van der Waals surface area (Å²) in [6.45, 7) is 0. The molecule has 0 heterocycles. The van der Waals surface area contributed by atoms with Crippen molar-refractivity contribution in [3.8, 4) is 0 Å². The van der Waals surface area contributed by atoms with Gasteiger partial charge in [-0.05, 0) is 46.7 Å². The Morgan fingerprint density at radius 1 is 0.667 bits per heavy atom. The van der Waals surface area contributed by atoms with Gasteiger partial charge in [-0.1, -0.05) is 78.9 Å². The minimum atomic E-state index is -0.390. The molecule has 0 aliphatic rings. The number of amides is 2. The van der Waals surface area contributed by atoms with Crippen LogP contribution in [0, 0.1) is 0 Å². The summed E-state index contributed by atoms with van der Waals surface area (Å²) in [5, 5.41) is 7.68. The van der Waals surface area contributed by atoms with Gasteiger partial charge in [0, 0.05) is 11.3 Å². The molecule has 146 valence electrons. The fraction of sp³-hybridized carbons (Fsp3) is 0. The van der Waals surface area contributed by atoms with Gasteiger partial charge in [-0.3, -0.25) is 9.59 Å². The maximum absolute atomic E-state index is 13.0. The van der Waals surface area contributed by atoms with E-state index in [0.29, 0.717) is 11.3 Å². The molecule has 0 radical (unpaired) electrons. The molecule has 0 atom stereocenters. The summed E-state index contributed by atoms with van der Waals surface area (Å²) >= 11 is 0. The number of hydrogen-bond acceptors (Lipinski definition) is 2. The molecule has 0 spiro atoms. The first kappa shape index (κ1) is 19.2.